The molecular formula is C20H24FNO2S. The zero-order chi connectivity index (χ0) is 18.8. The van der Waals surface area contributed by atoms with Gasteiger partial charge in [0.15, 0.2) is 0 Å². The van der Waals surface area contributed by atoms with Gasteiger partial charge in [-0.2, -0.15) is 0 Å². The lowest BCUT2D eigenvalue weighted by Crippen LogP contribution is -2.47. The molecule has 3 nitrogen and oxygen atoms in total. The minimum absolute atomic E-state index is 0.139. The topological polar surface area (TPSA) is 63.3 Å². The summed E-state index contributed by atoms with van der Waals surface area (Å²) in [6.07, 6.45) is 0. The van der Waals surface area contributed by atoms with Crippen LogP contribution in [0.3, 0.4) is 0 Å². The summed E-state index contributed by atoms with van der Waals surface area (Å²) < 4.78 is 12.6. The normalized spacial score (nSPS) is 14.2. The fourth-order valence-corrected chi connectivity index (χ4v) is 4.00. The number of aryl methyl sites for hydroxylation is 2. The summed E-state index contributed by atoms with van der Waals surface area (Å²) in [6.45, 7) is 7.74. The summed E-state index contributed by atoms with van der Waals surface area (Å²) in [5.41, 5.74) is 10.2. The van der Waals surface area contributed by atoms with E-state index in [-0.39, 0.29) is 11.1 Å². The number of aliphatic carboxylic acids is 1. The van der Waals surface area contributed by atoms with E-state index in [1.165, 1.54) is 29.5 Å². The van der Waals surface area contributed by atoms with Crippen LogP contribution in [0.25, 0.3) is 0 Å². The molecular weight excluding hydrogens is 337 g/mol. The van der Waals surface area contributed by atoms with E-state index in [9.17, 15) is 14.3 Å². The second-order valence-corrected chi connectivity index (χ2v) is 8.57. The van der Waals surface area contributed by atoms with Crippen molar-refractivity contribution in [2.45, 2.75) is 43.7 Å². The molecule has 0 saturated heterocycles. The van der Waals surface area contributed by atoms with Gasteiger partial charge in [0.25, 0.3) is 0 Å². The lowest BCUT2D eigenvalue weighted by molar-refractivity contribution is -0.139. The van der Waals surface area contributed by atoms with Crippen molar-refractivity contribution in [3.8, 4) is 0 Å². The third kappa shape index (κ3) is 4.61. The molecule has 0 saturated carbocycles. The largest absolute Gasteiger partial charge is 0.480 e. The molecule has 0 fully saturated rings. The quantitative estimate of drug-likeness (QED) is 0.797. The number of rotatable bonds is 6. The third-order valence-corrected chi connectivity index (χ3v) is 6.08. The maximum Gasteiger partial charge on any atom is 0.321 e. The van der Waals surface area contributed by atoms with Gasteiger partial charge < -0.3 is 10.8 Å². The monoisotopic (exact) mass is 361 g/mol. The second-order valence-electron chi connectivity index (χ2n) is 6.81. The van der Waals surface area contributed by atoms with Crippen molar-refractivity contribution < 1.29 is 14.3 Å². The zero-order valence-corrected chi connectivity index (χ0v) is 15.7. The van der Waals surface area contributed by atoms with E-state index < -0.39 is 16.8 Å². The summed E-state index contributed by atoms with van der Waals surface area (Å²) in [7, 11) is 0. The fourth-order valence-electron chi connectivity index (χ4n) is 2.57. The van der Waals surface area contributed by atoms with Gasteiger partial charge in [-0.1, -0.05) is 30.3 Å². The summed E-state index contributed by atoms with van der Waals surface area (Å²) in [5, 5.41) is 9.16. The van der Waals surface area contributed by atoms with Crippen LogP contribution in [0.15, 0.2) is 42.5 Å². The number of hydrogen-bond acceptors (Lipinski definition) is 3. The molecule has 0 aliphatic rings. The molecule has 0 aliphatic carbocycles. The van der Waals surface area contributed by atoms with Crippen molar-refractivity contribution in [1.29, 1.82) is 0 Å². The Labute approximate surface area is 152 Å². The number of nitrogens with two attached hydrogens (primary N) is 1. The van der Waals surface area contributed by atoms with E-state index in [0.717, 1.165) is 16.7 Å². The molecule has 0 amide bonds. The minimum atomic E-state index is -1.03. The van der Waals surface area contributed by atoms with Gasteiger partial charge in [-0.05, 0) is 62.1 Å². The predicted octanol–water partition coefficient (Wildman–Crippen LogP) is 4.46. The fraction of sp³-hybridized carbons (Fsp3) is 0.350. The van der Waals surface area contributed by atoms with Gasteiger partial charge in [0.2, 0.25) is 0 Å². The number of halogens is 1. The van der Waals surface area contributed by atoms with Crippen LogP contribution in [-0.2, 0) is 4.79 Å². The first kappa shape index (κ1) is 19.5. The maximum absolute atomic E-state index is 13.3. The Morgan fingerprint density at radius 3 is 2.16 bits per heavy atom. The van der Waals surface area contributed by atoms with Crippen LogP contribution < -0.4 is 5.73 Å². The molecule has 2 atom stereocenters. The number of benzene rings is 2. The molecule has 25 heavy (non-hydrogen) atoms. The predicted molar refractivity (Wildman–Crippen MR) is 101 cm³/mol. The molecule has 0 radical (unpaired) electrons. The van der Waals surface area contributed by atoms with Crippen molar-refractivity contribution in [2.24, 2.45) is 5.73 Å². The standard InChI is InChI=1S/C20H24FNO2S/c1-12-5-6-15(11-13(12)2)17(14-7-9-16(21)10-8-14)25-20(3,4)18(22)19(23)24/h5-11,17-18H,22H2,1-4H3,(H,23,24). The highest BCUT2D eigenvalue weighted by Crippen LogP contribution is 2.44. The summed E-state index contributed by atoms with van der Waals surface area (Å²) in [5.74, 6) is -1.33. The smallest absolute Gasteiger partial charge is 0.321 e. The molecule has 134 valence electrons. The highest BCUT2D eigenvalue weighted by molar-refractivity contribution is 8.01. The maximum atomic E-state index is 13.3. The lowest BCUT2D eigenvalue weighted by atomic mass is 10.00. The summed E-state index contributed by atoms with van der Waals surface area (Å²) in [6, 6.07) is 11.5. The molecule has 5 heteroatoms. The van der Waals surface area contributed by atoms with E-state index in [4.69, 9.17) is 5.73 Å². The number of hydrogen-bond donors (Lipinski definition) is 2. The minimum Gasteiger partial charge on any atom is -0.480 e. The molecule has 2 aromatic rings. The number of thioether (sulfide) groups is 1. The molecule has 0 bridgehead atoms. The molecule has 0 heterocycles. The molecule has 2 rings (SSSR count). The van der Waals surface area contributed by atoms with Crippen molar-refractivity contribution in [3.63, 3.8) is 0 Å². The lowest BCUT2D eigenvalue weighted by Gasteiger charge is -2.33. The number of carboxylic acid groups (broad SMARTS) is 1. The Bertz CT molecular complexity index is 759. The average molecular weight is 361 g/mol. The van der Waals surface area contributed by atoms with Gasteiger partial charge in [-0.15, -0.1) is 11.8 Å². The highest BCUT2D eigenvalue weighted by Gasteiger charge is 2.36. The van der Waals surface area contributed by atoms with Crippen LogP contribution in [0.1, 0.15) is 41.4 Å². The second kappa shape index (κ2) is 7.58. The van der Waals surface area contributed by atoms with Gasteiger partial charge >= 0.3 is 5.97 Å². The van der Waals surface area contributed by atoms with Crippen molar-refractivity contribution >= 4 is 17.7 Å². The molecule has 0 aliphatic heterocycles. The molecule has 2 aromatic carbocycles. The first-order chi connectivity index (χ1) is 11.6. The Morgan fingerprint density at radius 2 is 1.64 bits per heavy atom. The van der Waals surface area contributed by atoms with Crippen LogP contribution in [-0.4, -0.2) is 21.9 Å². The summed E-state index contributed by atoms with van der Waals surface area (Å²) >= 11 is 1.48. The summed E-state index contributed by atoms with van der Waals surface area (Å²) in [4.78, 5) is 11.4. The van der Waals surface area contributed by atoms with Crippen molar-refractivity contribution in [1.82, 2.24) is 0 Å². The SMILES string of the molecule is Cc1ccc(C(SC(C)(C)C(N)C(=O)O)c2ccc(F)cc2)cc1C. The van der Waals surface area contributed by atoms with E-state index >= 15 is 0 Å². The van der Waals surface area contributed by atoms with Crippen molar-refractivity contribution in [3.05, 3.63) is 70.5 Å². The Balaban J connectivity index is 2.47. The Kier molecular flexibility index (Phi) is 5.91. The van der Waals surface area contributed by atoms with E-state index in [1.807, 2.05) is 39.8 Å². The van der Waals surface area contributed by atoms with E-state index in [0.29, 0.717) is 0 Å². The van der Waals surface area contributed by atoms with E-state index in [2.05, 4.69) is 6.07 Å². The van der Waals surface area contributed by atoms with Crippen LogP contribution in [0, 0.1) is 19.7 Å². The average Bonchev–Trinajstić information content (AvgIpc) is 2.55. The van der Waals surface area contributed by atoms with Crippen LogP contribution in [0.4, 0.5) is 4.39 Å². The number of carboxylic acids is 1. The molecule has 3 N–H and O–H groups in total. The molecule has 0 aromatic heterocycles. The number of carbonyl (C=O) groups is 1. The zero-order valence-electron chi connectivity index (χ0n) is 14.9. The van der Waals surface area contributed by atoms with Gasteiger partial charge in [0, 0.05) is 4.75 Å². The van der Waals surface area contributed by atoms with Crippen LogP contribution in [0.5, 0.6) is 0 Å². The van der Waals surface area contributed by atoms with Gasteiger partial charge in [0.1, 0.15) is 11.9 Å². The highest BCUT2D eigenvalue weighted by atomic mass is 32.2. The first-order valence-corrected chi connectivity index (χ1v) is 8.98. The van der Waals surface area contributed by atoms with E-state index in [1.54, 1.807) is 12.1 Å². The van der Waals surface area contributed by atoms with Crippen molar-refractivity contribution in [2.75, 3.05) is 0 Å². The third-order valence-electron chi connectivity index (χ3n) is 4.44. The van der Waals surface area contributed by atoms with Crippen LogP contribution >= 0.6 is 11.8 Å². The molecule has 0 spiro atoms. The van der Waals surface area contributed by atoms with Gasteiger partial charge in [-0.25, -0.2) is 4.39 Å². The molecule has 2 unspecified atom stereocenters. The van der Waals surface area contributed by atoms with Crippen LogP contribution in [0.2, 0.25) is 0 Å². The first-order valence-electron chi connectivity index (χ1n) is 8.10. The van der Waals surface area contributed by atoms with Gasteiger partial charge in [-0.3, -0.25) is 4.79 Å². The van der Waals surface area contributed by atoms with Gasteiger partial charge in [0.05, 0.1) is 5.25 Å². The Hall–Kier alpha value is -1.85. The Morgan fingerprint density at radius 1 is 1.08 bits per heavy atom.